The van der Waals surface area contributed by atoms with Crippen molar-refractivity contribution in [2.75, 3.05) is 0 Å². The monoisotopic (exact) mass is 540 g/mol. The van der Waals surface area contributed by atoms with Gasteiger partial charge in [-0.05, 0) is 13.0 Å². The van der Waals surface area contributed by atoms with E-state index < -0.39 is 82.4 Å². The highest BCUT2D eigenvalue weighted by atomic mass is 35.5. The van der Waals surface area contributed by atoms with Crippen molar-refractivity contribution >= 4 is 41.3 Å². The summed E-state index contributed by atoms with van der Waals surface area (Å²) in [7, 11) is 0. The Balaban J connectivity index is 2.39. The Labute approximate surface area is 220 Å². The molecule has 2 fully saturated rings. The Hall–Kier alpha value is -2.72. The fourth-order valence-electron chi connectivity index (χ4n) is 6.00. The highest BCUT2D eigenvalue weighted by Crippen LogP contribution is 2.54. The zero-order chi connectivity index (χ0) is 28.0. The number of hydrogen-bond acceptors (Lipinski definition) is 10. The van der Waals surface area contributed by atoms with Crippen molar-refractivity contribution in [3.05, 3.63) is 24.3 Å². The quantitative estimate of drug-likeness (QED) is 0.244. The number of aliphatic hydroxyl groups is 1. The van der Waals surface area contributed by atoms with Crippen LogP contribution in [-0.2, 0) is 42.9 Å². The summed E-state index contributed by atoms with van der Waals surface area (Å²) in [5, 5.41) is 11.0. The molecule has 0 amide bonds. The smallest absolute Gasteiger partial charge is 0.312 e. The van der Waals surface area contributed by atoms with E-state index in [1.165, 1.54) is 32.9 Å². The van der Waals surface area contributed by atoms with Gasteiger partial charge in [-0.1, -0.05) is 32.1 Å². The summed E-state index contributed by atoms with van der Waals surface area (Å²) >= 11 is 6.72. The number of carbonyl (C=O) groups is 5. The third kappa shape index (κ3) is 4.93. The predicted octanol–water partition coefficient (Wildman–Crippen LogP) is 2.04. The highest BCUT2D eigenvalue weighted by Gasteiger charge is 2.68. The van der Waals surface area contributed by atoms with Gasteiger partial charge in [-0.3, -0.25) is 24.0 Å². The van der Waals surface area contributed by atoms with Crippen molar-refractivity contribution in [3.8, 4) is 0 Å². The summed E-state index contributed by atoms with van der Waals surface area (Å²) in [6.45, 7) is 12.1. The molecule has 0 radical (unpaired) electrons. The van der Waals surface area contributed by atoms with Crippen molar-refractivity contribution in [2.45, 2.75) is 83.4 Å². The van der Waals surface area contributed by atoms with Crippen LogP contribution in [0.15, 0.2) is 24.3 Å². The Morgan fingerprint density at radius 1 is 1.05 bits per heavy atom. The van der Waals surface area contributed by atoms with E-state index >= 15 is 0 Å². The number of esters is 4. The molecule has 11 heteroatoms. The lowest BCUT2D eigenvalue weighted by molar-refractivity contribution is -0.217. The highest BCUT2D eigenvalue weighted by molar-refractivity contribution is 6.23. The molecule has 204 valence electrons. The lowest BCUT2D eigenvalue weighted by atomic mass is 9.56. The minimum absolute atomic E-state index is 0.110. The van der Waals surface area contributed by atoms with Crippen LogP contribution in [0.3, 0.4) is 0 Å². The molecule has 0 unspecified atom stereocenters. The van der Waals surface area contributed by atoms with Gasteiger partial charge in [0.05, 0.1) is 11.3 Å². The summed E-state index contributed by atoms with van der Waals surface area (Å²) < 4.78 is 22.6. The predicted molar refractivity (Wildman–Crippen MR) is 129 cm³/mol. The van der Waals surface area contributed by atoms with E-state index in [0.717, 1.165) is 6.92 Å². The van der Waals surface area contributed by atoms with Gasteiger partial charge in [0.15, 0.2) is 17.5 Å². The largest absolute Gasteiger partial charge is 0.459 e. The molecule has 1 aliphatic heterocycles. The topological polar surface area (TPSA) is 142 Å². The first kappa shape index (κ1) is 28.8. The Morgan fingerprint density at radius 2 is 1.59 bits per heavy atom. The maximum absolute atomic E-state index is 13.0. The summed E-state index contributed by atoms with van der Waals surface area (Å²) in [5.74, 6) is -6.42. The van der Waals surface area contributed by atoms with E-state index in [2.05, 4.69) is 6.58 Å². The van der Waals surface area contributed by atoms with Gasteiger partial charge in [-0.25, -0.2) is 0 Å². The van der Waals surface area contributed by atoms with Crippen LogP contribution in [0.4, 0.5) is 0 Å². The van der Waals surface area contributed by atoms with Crippen LogP contribution in [0, 0.1) is 23.2 Å². The van der Waals surface area contributed by atoms with Crippen LogP contribution in [-0.4, -0.2) is 70.2 Å². The Morgan fingerprint density at radius 3 is 2.14 bits per heavy atom. The molecule has 10 nitrogen and oxygen atoms in total. The van der Waals surface area contributed by atoms with Crippen LogP contribution in [0.2, 0.25) is 0 Å². The van der Waals surface area contributed by atoms with E-state index in [1.54, 1.807) is 13.8 Å². The summed E-state index contributed by atoms with van der Waals surface area (Å²) in [5.41, 5.74) is -3.30. The van der Waals surface area contributed by atoms with Gasteiger partial charge in [0, 0.05) is 44.4 Å². The molecular formula is C26H33ClO10. The zero-order valence-electron chi connectivity index (χ0n) is 21.7. The van der Waals surface area contributed by atoms with E-state index in [1.807, 2.05) is 0 Å². The molecule has 10 atom stereocenters. The third-order valence-electron chi connectivity index (χ3n) is 7.81. The molecular weight excluding hydrogens is 508 g/mol. The van der Waals surface area contributed by atoms with Gasteiger partial charge in [-0.2, -0.15) is 0 Å². The molecule has 3 rings (SSSR count). The number of hydrogen-bond donors (Lipinski definition) is 1. The number of halogens is 1. The van der Waals surface area contributed by atoms with Crippen LogP contribution in [0.25, 0.3) is 0 Å². The molecule has 1 saturated heterocycles. The van der Waals surface area contributed by atoms with Gasteiger partial charge in [0.1, 0.15) is 18.3 Å². The minimum Gasteiger partial charge on any atom is -0.459 e. The van der Waals surface area contributed by atoms with E-state index in [4.69, 9.17) is 30.5 Å². The number of carbonyl (C=O) groups excluding carboxylic acids is 5. The first-order valence-corrected chi connectivity index (χ1v) is 12.5. The second-order valence-electron chi connectivity index (χ2n) is 10.4. The minimum atomic E-state index is -2.18. The third-order valence-corrected chi connectivity index (χ3v) is 8.35. The molecule has 2 aliphatic carbocycles. The Kier molecular flexibility index (Phi) is 7.96. The van der Waals surface area contributed by atoms with E-state index in [0.29, 0.717) is 0 Å². The molecule has 1 N–H and O–H groups in total. The van der Waals surface area contributed by atoms with Gasteiger partial charge in [0.2, 0.25) is 0 Å². The molecule has 1 saturated carbocycles. The number of ketones is 1. The summed E-state index contributed by atoms with van der Waals surface area (Å²) in [6, 6.07) is 0. The van der Waals surface area contributed by atoms with Crippen LogP contribution in [0.5, 0.6) is 0 Å². The van der Waals surface area contributed by atoms with Crippen LogP contribution in [0.1, 0.15) is 48.0 Å². The van der Waals surface area contributed by atoms with Gasteiger partial charge in [-0.15, -0.1) is 11.6 Å². The normalized spacial score (nSPS) is 41.7. The van der Waals surface area contributed by atoms with Crippen LogP contribution >= 0.6 is 11.6 Å². The van der Waals surface area contributed by atoms with Crippen molar-refractivity contribution < 1.29 is 48.0 Å². The SMILES string of the molecule is C=C1C[C@H](OC(C)=O)[C@H](OC(C)=O)[C@@]2(C)C=CC(=O)[C@H](C)[C@H]2[C@H](OC(C)=O)[C@]2(O)[C@@H](C)C(=O)O[C@H]2[C@H]1Cl. The number of alkyl halides is 1. The number of fused-ring (bicyclic) bond motifs is 2. The van der Waals surface area contributed by atoms with E-state index in [9.17, 15) is 29.1 Å². The molecule has 0 spiro atoms. The molecule has 3 aliphatic rings. The molecule has 0 aromatic carbocycles. The van der Waals surface area contributed by atoms with Gasteiger partial charge >= 0.3 is 23.9 Å². The van der Waals surface area contributed by atoms with E-state index in [-0.39, 0.29) is 17.8 Å². The average Bonchev–Trinajstić information content (AvgIpc) is 3.02. The molecule has 0 aromatic rings. The van der Waals surface area contributed by atoms with Gasteiger partial charge < -0.3 is 24.1 Å². The second-order valence-corrected chi connectivity index (χ2v) is 10.8. The fraction of sp³-hybridized carbons (Fsp3) is 0.654. The maximum Gasteiger partial charge on any atom is 0.312 e. The maximum atomic E-state index is 13.0. The zero-order valence-corrected chi connectivity index (χ0v) is 22.4. The van der Waals surface area contributed by atoms with Crippen molar-refractivity contribution in [2.24, 2.45) is 23.2 Å². The summed E-state index contributed by atoms with van der Waals surface area (Å²) in [4.78, 5) is 62.6. The Bertz CT molecular complexity index is 1050. The first-order valence-electron chi connectivity index (χ1n) is 12.0. The van der Waals surface area contributed by atoms with Gasteiger partial charge in [0.25, 0.3) is 0 Å². The fourth-order valence-corrected chi connectivity index (χ4v) is 6.34. The number of ether oxygens (including phenoxy) is 4. The summed E-state index contributed by atoms with van der Waals surface area (Å²) in [6.07, 6.45) is -2.54. The molecule has 0 bridgehead atoms. The lowest BCUT2D eigenvalue weighted by Gasteiger charge is -2.53. The standard InChI is InChI=1S/C26H33ClO10/c1-11-10-18(34-14(4)28)21(35-15(5)29)25(7)9-8-17(31)12(2)19(25)22(36-16(6)30)26(33)13(3)24(32)37-23(26)20(11)27/h8-9,12-13,18-23,33H,1,10H2,2-7H3/t12-,13-,18-,19-,20-,21-,22-,23-,25-,26+/m0/s1. The number of allylic oxidation sites excluding steroid dienone is 1. The van der Waals surface area contributed by atoms with Crippen molar-refractivity contribution in [3.63, 3.8) is 0 Å². The van der Waals surface area contributed by atoms with Crippen molar-refractivity contribution in [1.29, 1.82) is 0 Å². The molecule has 0 aromatic heterocycles. The average molecular weight is 541 g/mol. The first-order chi connectivity index (χ1) is 17.0. The molecule has 1 heterocycles. The number of rotatable bonds is 3. The molecule has 37 heavy (non-hydrogen) atoms. The van der Waals surface area contributed by atoms with Crippen molar-refractivity contribution in [1.82, 2.24) is 0 Å². The van der Waals surface area contributed by atoms with Crippen LogP contribution < -0.4 is 0 Å². The second kappa shape index (κ2) is 10.2. The lowest BCUT2D eigenvalue weighted by Crippen LogP contribution is -2.67.